The fraction of sp³-hybridized carbons (Fsp3) is 0.552. The first kappa shape index (κ1) is 23.2. The van der Waals surface area contributed by atoms with Gasteiger partial charge in [-0.15, -0.1) is 0 Å². The zero-order chi connectivity index (χ0) is 24.2. The molecule has 1 amide bonds. The average molecular weight is 493 g/mol. The number of hydrogen-bond acceptors (Lipinski definition) is 3. The molecule has 5 nitrogen and oxygen atoms in total. The number of benzene rings is 2. The Hall–Kier alpha value is -2.18. The van der Waals surface area contributed by atoms with Crippen LogP contribution in [-0.2, 0) is 16.4 Å². The van der Waals surface area contributed by atoms with Crippen LogP contribution in [0.2, 0.25) is 0 Å². The van der Waals surface area contributed by atoms with E-state index in [0.29, 0.717) is 5.56 Å². The number of carbonyl (C=O) groups is 1. The lowest BCUT2D eigenvalue weighted by atomic mass is 9.48. The van der Waals surface area contributed by atoms with Gasteiger partial charge in [-0.3, -0.25) is 4.79 Å². The van der Waals surface area contributed by atoms with Crippen molar-refractivity contribution in [3.05, 3.63) is 65.2 Å². The summed E-state index contributed by atoms with van der Waals surface area (Å²) in [5.41, 5.74) is 2.93. The molecular weight excluding hydrogens is 456 g/mol. The second-order valence-electron chi connectivity index (χ2n) is 11.8. The topological polar surface area (TPSA) is 75.3 Å². The minimum absolute atomic E-state index is 0.0399. The van der Waals surface area contributed by atoms with Gasteiger partial charge in [0.25, 0.3) is 5.91 Å². The van der Waals surface area contributed by atoms with Crippen molar-refractivity contribution in [2.75, 3.05) is 0 Å². The molecule has 6 heteroatoms. The van der Waals surface area contributed by atoms with Crippen molar-refractivity contribution >= 4 is 15.9 Å². The number of carbonyl (C=O) groups excluding carboxylic acids is 1. The lowest BCUT2D eigenvalue weighted by Crippen LogP contribution is -2.55. The third-order valence-corrected chi connectivity index (χ3v) is 11.0. The summed E-state index contributed by atoms with van der Waals surface area (Å²) in [6.07, 6.45) is 10.4. The molecule has 4 fully saturated rings. The number of hydrogen-bond donors (Lipinski definition) is 2. The lowest BCUT2D eigenvalue weighted by molar-refractivity contribution is -0.0666. The number of amides is 1. The van der Waals surface area contributed by atoms with Gasteiger partial charge in [0.2, 0.25) is 10.0 Å². The van der Waals surface area contributed by atoms with E-state index in [1.54, 1.807) is 18.2 Å². The Kier molecular flexibility index (Phi) is 5.80. The van der Waals surface area contributed by atoms with E-state index in [9.17, 15) is 13.2 Å². The van der Waals surface area contributed by atoms with Gasteiger partial charge >= 0.3 is 0 Å². The summed E-state index contributed by atoms with van der Waals surface area (Å²) >= 11 is 0. The van der Waals surface area contributed by atoms with E-state index in [1.807, 2.05) is 12.1 Å². The van der Waals surface area contributed by atoms with Crippen molar-refractivity contribution in [3.8, 4) is 0 Å². The minimum atomic E-state index is -3.72. The summed E-state index contributed by atoms with van der Waals surface area (Å²) in [6.45, 7) is 2.06. The molecule has 0 aromatic heterocycles. The van der Waals surface area contributed by atoms with Crippen LogP contribution in [0.5, 0.6) is 0 Å². The molecule has 186 valence electrons. The Morgan fingerprint density at radius 3 is 2.37 bits per heavy atom. The summed E-state index contributed by atoms with van der Waals surface area (Å²) in [5.74, 6) is 2.08. The van der Waals surface area contributed by atoms with Crippen molar-refractivity contribution in [1.82, 2.24) is 10.0 Å². The maximum Gasteiger partial charge on any atom is 0.251 e. The highest BCUT2D eigenvalue weighted by atomic mass is 32.2. The van der Waals surface area contributed by atoms with Crippen LogP contribution in [0, 0.1) is 23.2 Å². The van der Waals surface area contributed by atoms with E-state index >= 15 is 0 Å². The Balaban J connectivity index is 1.18. The van der Waals surface area contributed by atoms with Crippen molar-refractivity contribution in [2.45, 2.75) is 81.7 Å². The molecule has 0 unspecified atom stereocenters. The van der Waals surface area contributed by atoms with Crippen LogP contribution in [0.25, 0.3) is 0 Å². The van der Waals surface area contributed by atoms with Gasteiger partial charge in [0, 0.05) is 11.6 Å². The van der Waals surface area contributed by atoms with Crippen LogP contribution >= 0.6 is 0 Å². The molecule has 0 aliphatic heterocycles. The summed E-state index contributed by atoms with van der Waals surface area (Å²) in [6, 6.07) is 14.6. The first-order chi connectivity index (χ1) is 16.8. The van der Waals surface area contributed by atoms with Crippen molar-refractivity contribution in [2.24, 2.45) is 23.2 Å². The summed E-state index contributed by atoms with van der Waals surface area (Å²) < 4.78 is 29.9. The van der Waals surface area contributed by atoms with Crippen LogP contribution in [0.4, 0.5) is 0 Å². The fourth-order valence-electron chi connectivity index (χ4n) is 8.08. The summed E-state index contributed by atoms with van der Waals surface area (Å²) in [5, 5.41) is 3.15. The number of nitrogens with one attached hydrogen (secondary N) is 2. The van der Waals surface area contributed by atoms with Crippen molar-refractivity contribution < 1.29 is 13.2 Å². The second kappa shape index (κ2) is 8.74. The van der Waals surface area contributed by atoms with E-state index < -0.39 is 10.0 Å². The average Bonchev–Trinajstić information content (AvgIpc) is 2.83. The third kappa shape index (κ3) is 4.33. The first-order valence-electron chi connectivity index (χ1n) is 13.3. The van der Waals surface area contributed by atoms with Crippen LogP contribution in [0.1, 0.15) is 85.8 Å². The predicted molar refractivity (Wildman–Crippen MR) is 136 cm³/mol. The molecule has 2 aromatic carbocycles. The fourth-order valence-corrected chi connectivity index (χ4v) is 9.48. The van der Waals surface area contributed by atoms with Gasteiger partial charge in [-0.2, -0.15) is 0 Å². The first-order valence-corrected chi connectivity index (χ1v) is 14.8. The van der Waals surface area contributed by atoms with E-state index in [-0.39, 0.29) is 28.3 Å². The van der Waals surface area contributed by atoms with E-state index in [0.717, 1.165) is 56.3 Å². The van der Waals surface area contributed by atoms with Crippen molar-refractivity contribution in [3.63, 3.8) is 0 Å². The molecule has 2 aromatic rings. The molecule has 2 atom stereocenters. The van der Waals surface area contributed by atoms with Crippen LogP contribution in [0.3, 0.4) is 0 Å². The van der Waals surface area contributed by atoms with E-state index in [2.05, 4.69) is 29.1 Å². The summed E-state index contributed by atoms with van der Waals surface area (Å²) in [7, 11) is -3.72. The van der Waals surface area contributed by atoms with Gasteiger partial charge in [-0.25, -0.2) is 13.1 Å². The molecule has 7 rings (SSSR count). The highest BCUT2D eigenvalue weighted by Gasteiger charge is 2.53. The number of aryl methyl sites for hydroxylation is 1. The SMILES string of the molecule is C[C@@H](NS(=O)(=O)c1cccc(C(=O)N[C@H]2CCCc3ccccc32)c1)C12CC3CC(CC(C3)C1)C2. The zero-order valence-corrected chi connectivity index (χ0v) is 21.3. The molecule has 4 bridgehead atoms. The predicted octanol–water partition coefficient (Wildman–Crippen LogP) is 5.38. The zero-order valence-electron chi connectivity index (χ0n) is 20.5. The molecule has 0 radical (unpaired) electrons. The van der Waals surface area contributed by atoms with Crippen molar-refractivity contribution in [1.29, 1.82) is 0 Å². The highest BCUT2D eigenvalue weighted by molar-refractivity contribution is 7.89. The highest BCUT2D eigenvalue weighted by Crippen LogP contribution is 2.61. The Bertz CT molecular complexity index is 1200. The van der Waals surface area contributed by atoms with E-state index in [1.165, 1.54) is 36.5 Å². The Morgan fingerprint density at radius 2 is 1.66 bits per heavy atom. The van der Waals surface area contributed by atoms with Crippen LogP contribution in [0.15, 0.2) is 53.4 Å². The maximum absolute atomic E-state index is 13.4. The number of sulfonamides is 1. The second-order valence-corrected chi connectivity index (χ2v) is 13.5. The quantitative estimate of drug-likeness (QED) is 0.569. The monoisotopic (exact) mass is 492 g/mol. The molecule has 2 N–H and O–H groups in total. The molecule has 4 saturated carbocycles. The normalized spacial score (nSPS) is 32.1. The largest absolute Gasteiger partial charge is 0.345 e. The minimum Gasteiger partial charge on any atom is -0.345 e. The van der Waals surface area contributed by atoms with E-state index in [4.69, 9.17) is 0 Å². The van der Waals surface area contributed by atoms with Gasteiger partial charge < -0.3 is 5.32 Å². The van der Waals surface area contributed by atoms with Crippen LogP contribution in [-0.4, -0.2) is 20.4 Å². The molecule has 35 heavy (non-hydrogen) atoms. The summed E-state index contributed by atoms with van der Waals surface area (Å²) in [4.78, 5) is 13.3. The van der Waals surface area contributed by atoms with Gasteiger partial charge in [0.05, 0.1) is 10.9 Å². The van der Waals surface area contributed by atoms with Gasteiger partial charge in [-0.05, 0) is 117 Å². The van der Waals surface area contributed by atoms with Gasteiger partial charge in [0.15, 0.2) is 0 Å². The van der Waals surface area contributed by atoms with Gasteiger partial charge in [-0.1, -0.05) is 30.3 Å². The molecule has 5 aliphatic rings. The molecular formula is C29H36N2O3S. The van der Waals surface area contributed by atoms with Gasteiger partial charge in [0.1, 0.15) is 0 Å². The smallest absolute Gasteiger partial charge is 0.251 e. The Morgan fingerprint density at radius 1 is 0.971 bits per heavy atom. The number of fused-ring (bicyclic) bond motifs is 1. The maximum atomic E-state index is 13.4. The molecule has 0 saturated heterocycles. The van der Waals surface area contributed by atoms with Crippen LogP contribution < -0.4 is 10.0 Å². The lowest BCUT2D eigenvalue weighted by Gasteiger charge is -2.59. The molecule has 0 spiro atoms. The molecule has 0 heterocycles. The number of rotatable bonds is 6. The Labute approximate surface area is 209 Å². The standard InChI is InChI=1S/C29H36N2O3S/c1-19(29-16-20-12-21(17-29)14-22(13-20)18-29)31-35(33,34)25-9-4-8-24(15-25)28(32)30-27-11-5-7-23-6-2-3-10-26(23)27/h2-4,6,8-10,15,19-22,27,31H,5,7,11-14,16-18H2,1H3,(H,30,32)/t19-,20?,21?,22?,27+,29?/m1/s1. The third-order valence-electron chi connectivity index (χ3n) is 9.42. The molecule has 5 aliphatic carbocycles.